The van der Waals surface area contributed by atoms with Crippen molar-refractivity contribution in [3.63, 3.8) is 0 Å². The summed E-state index contributed by atoms with van der Waals surface area (Å²) < 4.78 is 1.54. The van der Waals surface area contributed by atoms with Gasteiger partial charge in [0.1, 0.15) is 17.8 Å². The van der Waals surface area contributed by atoms with Crippen LogP contribution in [0, 0.1) is 17.8 Å². The van der Waals surface area contributed by atoms with Crippen LogP contribution in [0.3, 0.4) is 0 Å². The van der Waals surface area contributed by atoms with Crippen molar-refractivity contribution in [1.82, 2.24) is 39.7 Å². The molecule has 3 N–H and O–H groups in total. The van der Waals surface area contributed by atoms with Crippen LogP contribution in [0.5, 0.6) is 0 Å². The first-order valence-corrected chi connectivity index (χ1v) is 13.3. The molecule has 2 saturated heterocycles. The van der Waals surface area contributed by atoms with Crippen LogP contribution in [0.4, 0.5) is 5.82 Å². The van der Waals surface area contributed by atoms with Crippen LogP contribution >= 0.6 is 0 Å². The number of aromatic amines is 1. The molecule has 6 heterocycles. The van der Waals surface area contributed by atoms with Crippen LogP contribution in [-0.2, 0) is 0 Å². The first kappa shape index (κ1) is 23.5. The van der Waals surface area contributed by atoms with Crippen LogP contribution in [0.2, 0.25) is 0 Å². The average molecular weight is 522 g/mol. The Morgan fingerprint density at radius 1 is 1.10 bits per heavy atom. The highest BCUT2D eigenvalue weighted by Gasteiger charge is 2.45. The molecule has 0 spiro atoms. The number of hydrogen-bond donors (Lipinski definition) is 2. The minimum absolute atomic E-state index is 0.0200. The van der Waals surface area contributed by atoms with E-state index in [0.29, 0.717) is 35.7 Å². The number of nitrogens with two attached hydrogens (primary N) is 1. The van der Waals surface area contributed by atoms with Gasteiger partial charge < -0.3 is 15.6 Å². The highest BCUT2D eigenvalue weighted by Crippen LogP contribution is 2.45. The molecule has 11 heteroatoms. The van der Waals surface area contributed by atoms with Gasteiger partial charge in [-0.2, -0.15) is 9.61 Å². The van der Waals surface area contributed by atoms with Gasteiger partial charge in [0.15, 0.2) is 11.4 Å². The number of carbonyl (C=O) groups excluding carboxylic acids is 2. The lowest BCUT2D eigenvalue weighted by Gasteiger charge is -2.38. The van der Waals surface area contributed by atoms with E-state index in [9.17, 15) is 9.59 Å². The van der Waals surface area contributed by atoms with Gasteiger partial charge in [0.05, 0.1) is 17.5 Å². The largest absolute Gasteiger partial charge is 0.383 e. The lowest BCUT2D eigenvalue weighted by Crippen LogP contribution is -2.46. The lowest BCUT2D eigenvalue weighted by molar-refractivity contribution is 0.0556. The molecule has 1 amide bonds. The first-order valence-electron chi connectivity index (χ1n) is 13.3. The third-order valence-corrected chi connectivity index (χ3v) is 8.09. The Hall–Kier alpha value is -4.59. The fourth-order valence-corrected chi connectivity index (χ4v) is 6.09. The number of Topliss-reactive ketones (excluding diaryl/α,β-unsaturated/α-hetero) is 1. The second-order valence-corrected chi connectivity index (χ2v) is 10.7. The summed E-state index contributed by atoms with van der Waals surface area (Å²) in [5, 5.41) is 12.1. The maximum absolute atomic E-state index is 13.1. The molecule has 196 valence electrons. The number of amides is 1. The van der Waals surface area contributed by atoms with Gasteiger partial charge >= 0.3 is 0 Å². The van der Waals surface area contributed by atoms with Crippen molar-refractivity contribution < 1.29 is 9.59 Å². The summed E-state index contributed by atoms with van der Waals surface area (Å²) in [6.45, 7) is 1.51. The fourth-order valence-electron chi connectivity index (χ4n) is 6.09. The summed E-state index contributed by atoms with van der Waals surface area (Å²) in [5.74, 6) is 7.10. The number of aromatic nitrogens is 7. The summed E-state index contributed by atoms with van der Waals surface area (Å²) in [7, 11) is 0. The molecule has 2 aliphatic heterocycles. The van der Waals surface area contributed by atoms with Gasteiger partial charge in [-0.15, -0.1) is 10.2 Å². The van der Waals surface area contributed by atoms with Crippen LogP contribution in [0.25, 0.3) is 16.8 Å². The van der Waals surface area contributed by atoms with E-state index in [-0.39, 0.29) is 41.3 Å². The number of anilines is 1. The number of hydrogen-bond acceptors (Lipinski definition) is 8. The van der Waals surface area contributed by atoms with Crippen molar-refractivity contribution in [2.45, 2.75) is 63.5 Å². The molecule has 7 rings (SSSR count). The van der Waals surface area contributed by atoms with Crippen LogP contribution in [0.1, 0.15) is 83.7 Å². The Kier molecular flexibility index (Phi) is 5.43. The van der Waals surface area contributed by atoms with Crippen molar-refractivity contribution >= 4 is 23.2 Å². The molecular weight excluding hydrogens is 494 g/mol. The predicted molar refractivity (Wildman–Crippen MR) is 142 cm³/mol. The van der Waals surface area contributed by atoms with Crippen molar-refractivity contribution in [2.24, 2.45) is 5.92 Å². The number of piperidine rings is 1. The molecule has 3 fully saturated rings. The van der Waals surface area contributed by atoms with E-state index in [2.05, 4.69) is 37.1 Å². The van der Waals surface area contributed by atoms with Gasteiger partial charge in [-0.05, 0) is 63.5 Å². The molecule has 11 nitrogen and oxygen atoms in total. The van der Waals surface area contributed by atoms with Crippen molar-refractivity contribution in [3.8, 4) is 23.0 Å². The number of nitrogen functional groups attached to an aromatic ring is 1. The molecule has 1 saturated carbocycles. The highest BCUT2D eigenvalue weighted by atomic mass is 16.2. The fraction of sp³-hybridized carbons (Fsp3) is 0.393. The molecule has 39 heavy (non-hydrogen) atoms. The van der Waals surface area contributed by atoms with E-state index in [4.69, 9.17) is 10.7 Å². The molecular formula is C28H27N9O2. The standard InChI is InChI=1S/C28H27N9O2/c1-15(38)23-24(18-10-20-8-9-21(11-18)36(20)28(39)26-31-14-32-35-26)34-27-22(13-33-37(27)25(23)29)17-5-7-19(30-12-17)6-4-16-2-3-16/h5,7,12-14,16,18,20-21H,2-3,8-11,29H2,1H3,(H,31,32,35)/t18-,20+,21-. The Bertz CT molecular complexity index is 1650. The summed E-state index contributed by atoms with van der Waals surface area (Å²) in [6, 6.07) is 3.93. The highest BCUT2D eigenvalue weighted by molar-refractivity contribution is 6.00. The molecule has 3 atom stereocenters. The second-order valence-electron chi connectivity index (χ2n) is 10.7. The van der Waals surface area contributed by atoms with E-state index in [1.165, 1.54) is 30.6 Å². The summed E-state index contributed by atoms with van der Waals surface area (Å²) in [4.78, 5) is 40.3. The maximum atomic E-state index is 13.1. The smallest absolute Gasteiger partial charge is 0.292 e. The Balaban J connectivity index is 1.24. The predicted octanol–water partition coefficient (Wildman–Crippen LogP) is 3.01. The van der Waals surface area contributed by atoms with E-state index in [1.807, 2.05) is 17.0 Å². The number of pyridine rings is 1. The van der Waals surface area contributed by atoms with Gasteiger partial charge in [0.25, 0.3) is 5.91 Å². The first-order chi connectivity index (χ1) is 19.0. The van der Waals surface area contributed by atoms with E-state index in [0.717, 1.165) is 29.7 Å². The quantitative estimate of drug-likeness (QED) is 0.308. The summed E-state index contributed by atoms with van der Waals surface area (Å²) in [6.07, 6.45) is 10.4. The zero-order chi connectivity index (χ0) is 26.7. The molecule has 0 unspecified atom stereocenters. The number of nitrogens with zero attached hydrogens (tertiary/aromatic N) is 7. The number of rotatable bonds is 4. The van der Waals surface area contributed by atoms with E-state index < -0.39 is 0 Å². The molecule has 2 bridgehead atoms. The molecule has 3 aliphatic rings. The van der Waals surface area contributed by atoms with E-state index in [1.54, 1.807) is 12.4 Å². The number of fused-ring (bicyclic) bond motifs is 3. The van der Waals surface area contributed by atoms with Crippen molar-refractivity contribution in [2.75, 3.05) is 5.73 Å². The van der Waals surface area contributed by atoms with Crippen molar-refractivity contribution in [1.29, 1.82) is 0 Å². The van der Waals surface area contributed by atoms with Crippen LogP contribution in [0.15, 0.2) is 30.9 Å². The minimum atomic E-state index is -0.151. The maximum Gasteiger partial charge on any atom is 0.292 e. The number of carbonyl (C=O) groups is 2. The average Bonchev–Trinajstić information content (AvgIpc) is 3.30. The molecule has 0 radical (unpaired) electrons. The number of H-pyrrole nitrogens is 1. The lowest BCUT2D eigenvalue weighted by atomic mass is 9.85. The summed E-state index contributed by atoms with van der Waals surface area (Å²) >= 11 is 0. The number of nitrogens with one attached hydrogen (secondary N) is 1. The SMILES string of the molecule is CC(=O)c1c([C@H]2C[C@H]3CC[C@@H](C2)N3C(=O)c2nnc[nH]2)nc2c(-c3ccc(C#CC4CC4)nc3)cnn2c1N. The van der Waals surface area contributed by atoms with Gasteiger partial charge in [-0.3, -0.25) is 9.59 Å². The number of ketones is 1. The van der Waals surface area contributed by atoms with Gasteiger partial charge in [0, 0.05) is 41.2 Å². The van der Waals surface area contributed by atoms with Gasteiger partial charge in [0.2, 0.25) is 5.82 Å². The zero-order valence-corrected chi connectivity index (χ0v) is 21.5. The normalized spacial score (nSPS) is 22.1. The van der Waals surface area contributed by atoms with E-state index >= 15 is 0 Å². The summed E-state index contributed by atoms with van der Waals surface area (Å²) in [5.41, 5.74) is 10.6. The van der Waals surface area contributed by atoms with Crippen LogP contribution < -0.4 is 5.73 Å². The van der Waals surface area contributed by atoms with Gasteiger partial charge in [-0.25, -0.2) is 9.97 Å². The molecule has 0 aromatic carbocycles. The third kappa shape index (κ3) is 4.03. The molecule has 1 aliphatic carbocycles. The molecule has 4 aromatic rings. The Labute approximate surface area is 224 Å². The monoisotopic (exact) mass is 521 g/mol. The Morgan fingerprint density at radius 2 is 1.90 bits per heavy atom. The zero-order valence-electron chi connectivity index (χ0n) is 21.5. The second kappa shape index (κ2) is 9.01. The third-order valence-electron chi connectivity index (χ3n) is 8.09. The topological polar surface area (TPSA) is 148 Å². The van der Waals surface area contributed by atoms with Crippen molar-refractivity contribution in [3.05, 3.63) is 53.6 Å². The minimum Gasteiger partial charge on any atom is -0.383 e. The van der Waals surface area contributed by atoms with Gasteiger partial charge in [-0.1, -0.05) is 5.92 Å². The molecule has 4 aromatic heterocycles. The van der Waals surface area contributed by atoms with Crippen LogP contribution in [-0.4, -0.2) is 63.4 Å². The Morgan fingerprint density at radius 3 is 2.54 bits per heavy atom.